The zero-order valence-corrected chi connectivity index (χ0v) is 10.8. The van der Waals surface area contributed by atoms with Gasteiger partial charge in [0, 0.05) is 23.4 Å². The van der Waals surface area contributed by atoms with Crippen molar-refractivity contribution in [3.05, 3.63) is 48.3 Å². The molecule has 0 radical (unpaired) electrons. The Morgan fingerprint density at radius 3 is 2.82 bits per heavy atom. The summed E-state index contributed by atoms with van der Waals surface area (Å²) in [4.78, 5) is 1.31. The third-order valence-corrected chi connectivity index (χ3v) is 3.38. The van der Waals surface area contributed by atoms with Gasteiger partial charge >= 0.3 is 0 Å². The molecule has 0 aliphatic heterocycles. The molecule has 0 saturated heterocycles. The Bertz CT molecular complexity index is 439. The van der Waals surface area contributed by atoms with Crippen molar-refractivity contribution >= 4 is 11.8 Å². The molecule has 17 heavy (non-hydrogen) atoms. The molecule has 0 unspecified atom stereocenters. The van der Waals surface area contributed by atoms with E-state index in [1.165, 1.54) is 4.90 Å². The summed E-state index contributed by atoms with van der Waals surface area (Å²) in [6, 6.07) is 12.5. The van der Waals surface area contributed by atoms with E-state index in [9.17, 15) is 0 Å². The molecule has 0 aliphatic carbocycles. The number of aryl methyl sites for hydroxylation is 1. The molecule has 2 rings (SSSR count). The Hall–Kier alpha value is -1.26. The minimum Gasteiger partial charge on any atom is -0.314 e. The predicted molar refractivity (Wildman–Crippen MR) is 72.2 cm³/mol. The summed E-state index contributed by atoms with van der Waals surface area (Å²) in [6.45, 7) is 1.78. The number of hydrogen-bond acceptors (Lipinski definition) is 3. The van der Waals surface area contributed by atoms with Crippen LogP contribution in [0.1, 0.15) is 5.69 Å². The lowest BCUT2D eigenvalue weighted by Gasteiger charge is -2.02. The largest absolute Gasteiger partial charge is 0.314 e. The van der Waals surface area contributed by atoms with Crippen molar-refractivity contribution in [1.29, 1.82) is 0 Å². The Morgan fingerprint density at radius 2 is 2.06 bits per heavy atom. The van der Waals surface area contributed by atoms with Crippen LogP contribution in [0.5, 0.6) is 0 Å². The lowest BCUT2D eigenvalue weighted by atomic mass is 10.4. The van der Waals surface area contributed by atoms with Gasteiger partial charge in [0.2, 0.25) is 0 Å². The van der Waals surface area contributed by atoms with Gasteiger partial charge in [-0.3, -0.25) is 4.68 Å². The Morgan fingerprint density at radius 1 is 1.24 bits per heavy atom. The van der Waals surface area contributed by atoms with Gasteiger partial charge in [0.25, 0.3) is 0 Å². The van der Waals surface area contributed by atoms with Gasteiger partial charge in [0.1, 0.15) is 0 Å². The standard InChI is InChI=1S/C13H17N3S/c1-14-11-12-7-8-16(15-12)9-10-17-13-5-3-2-4-6-13/h2-8,14H,9-11H2,1H3. The summed E-state index contributed by atoms with van der Waals surface area (Å²) in [5.74, 6) is 1.05. The number of nitrogens with zero attached hydrogens (tertiary/aromatic N) is 2. The molecule has 1 aromatic carbocycles. The second-order valence-corrected chi connectivity index (χ2v) is 4.93. The van der Waals surface area contributed by atoms with Gasteiger partial charge in [0.05, 0.1) is 12.2 Å². The molecule has 0 atom stereocenters. The fourth-order valence-electron chi connectivity index (χ4n) is 1.58. The Kier molecular flexibility index (Phi) is 4.64. The number of aromatic nitrogens is 2. The van der Waals surface area contributed by atoms with E-state index in [1.807, 2.05) is 35.8 Å². The van der Waals surface area contributed by atoms with Crippen LogP contribution in [-0.4, -0.2) is 22.6 Å². The fraction of sp³-hybridized carbons (Fsp3) is 0.308. The number of hydrogen-bond donors (Lipinski definition) is 1. The van der Waals surface area contributed by atoms with Crippen LogP contribution in [0, 0.1) is 0 Å². The number of thioether (sulfide) groups is 1. The smallest absolute Gasteiger partial charge is 0.0762 e. The summed E-state index contributed by atoms with van der Waals surface area (Å²) in [5.41, 5.74) is 1.09. The fourth-order valence-corrected chi connectivity index (χ4v) is 2.44. The van der Waals surface area contributed by atoms with Crippen molar-refractivity contribution in [2.75, 3.05) is 12.8 Å². The first-order chi connectivity index (χ1) is 8.38. The Balaban J connectivity index is 1.78. The molecule has 4 heteroatoms. The molecule has 2 aromatic rings. The van der Waals surface area contributed by atoms with Gasteiger partial charge in [-0.15, -0.1) is 11.8 Å². The maximum Gasteiger partial charge on any atom is 0.0762 e. The average Bonchev–Trinajstić information content (AvgIpc) is 2.79. The van der Waals surface area contributed by atoms with E-state index in [1.54, 1.807) is 0 Å². The average molecular weight is 247 g/mol. The van der Waals surface area contributed by atoms with Crippen molar-refractivity contribution in [2.24, 2.45) is 0 Å². The van der Waals surface area contributed by atoms with E-state index in [0.717, 1.165) is 24.5 Å². The topological polar surface area (TPSA) is 29.9 Å². The minimum atomic E-state index is 0.832. The van der Waals surface area contributed by atoms with Crippen LogP contribution >= 0.6 is 11.8 Å². The first kappa shape index (κ1) is 12.2. The van der Waals surface area contributed by atoms with E-state index < -0.39 is 0 Å². The zero-order valence-electron chi connectivity index (χ0n) is 9.97. The minimum absolute atomic E-state index is 0.832. The van der Waals surface area contributed by atoms with Crippen molar-refractivity contribution in [3.8, 4) is 0 Å². The summed E-state index contributed by atoms with van der Waals surface area (Å²) in [5, 5.41) is 7.57. The number of benzene rings is 1. The van der Waals surface area contributed by atoms with Crippen molar-refractivity contribution in [2.45, 2.75) is 18.0 Å². The van der Waals surface area contributed by atoms with Crippen LogP contribution in [0.3, 0.4) is 0 Å². The molecule has 90 valence electrons. The highest BCUT2D eigenvalue weighted by atomic mass is 32.2. The summed E-state index contributed by atoms with van der Waals surface area (Å²) < 4.78 is 2.00. The normalized spacial score (nSPS) is 10.6. The molecule has 0 fully saturated rings. The van der Waals surface area contributed by atoms with Crippen molar-refractivity contribution in [3.63, 3.8) is 0 Å². The second-order valence-electron chi connectivity index (χ2n) is 3.76. The van der Waals surface area contributed by atoms with Gasteiger partial charge in [-0.25, -0.2) is 0 Å². The third-order valence-electron chi connectivity index (χ3n) is 2.39. The molecule has 1 heterocycles. The van der Waals surface area contributed by atoms with E-state index in [-0.39, 0.29) is 0 Å². The van der Waals surface area contributed by atoms with Crippen LogP contribution in [0.25, 0.3) is 0 Å². The predicted octanol–water partition coefficient (Wildman–Crippen LogP) is 2.39. The molecule has 0 amide bonds. The maximum atomic E-state index is 4.47. The van der Waals surface area contributed by atoms with Crippen LogP contribution < -0.4 is 5.32 Å². The summed E-state index contributed by atoms with van der Waals surface area (Å²) in [7, 11) is 1.93. The van der Waals surface area contributed by atoms with E-state index >= 15 is 0 Å². The summed E-state index contributed by atoms with van der Waals surface area (Å²) >= 11 is 1.86. The van der Waals surface area contributed by atoms with Gasteiger partial charge in [0.15, 0.2) is 0 Å². The van der Waals surface area contributed by atoms with Gasteiger partial charge in [-0.05, 0) is 25.2 Å². The molecule has 0 spiro atoms. The van der Waals surface area contributed by atoms with Crippen LogP contribution in [0.2, 0.25) is 0 Å². The molecule has 0 bridgehead atoms. The van der Waals surface area contributed by atoms with E-state index in [0.29, 0.717) is 0 Å². The first-order valence-electron chi connectivity index (χ1n) is 5.73. The van der Waals surface area contributed by atoms with E-state index in [4.69, 9.17) is 0 Å². The van der Waals surface area contributed by atoms with Crippen molar-refractivity contribution < 1.29 is 0 Å². The van der Waals surface area contributed by atoms with Crippen molar-refractivity contribution in [1.82, 2.24) is 15.1 Å². The number of rotatable bonds is 6. The molecule has 0 aliphatic rings. The molecular weight excluding hydrogens is 230 g/mol. The highest BCUT2D eigenvalue weighted by molar-refractivity contribution is 7.99. The zero-order chi connectivity index (χ0) is 11.9. The second kappa shape index (κ2) is 6.47. The van der Waals surface area contributed by atoms with Gasteiger partial charge in [-0.2, -0.15) is 5.10 Å². The monoisotopic (exact) mass is 247 g/mol. The Labute approximate surface area is 106 Å². The van der Waals surface area contributed by atoms with Gasteiger partial charge in [-0.1, -0.05) is 18.2 Å². The lowest BCUT2D eigenvalue weighted by Crippen LogP contribution is -2.07. The summed E-state index contributed by atoms with van der Waals surface area (Å²) in [6.07, 6.45) is 2.04. The molecule has 1 aromatic heterocycles. The molecule has 1 N–H and O–H groups in total. The maximum absolute atomic E-state index is 4.47. The van der Waals surface area contributed by atoms with Crippen LogP contribution in [0.15, 0.2) is 47.5 Å². The van der Waals surface area contributed by atoms with Gasteiger partial charge < -0.3 is 5.32 Å². The highest BCUT2D eigenvalue weighted by Gasteiger charge is 1.98. The SMILES string of the molecule is CNCc1ccn(CCSc2ccccc2)n1. The molecular formula is C13H17N3S. The van der Waals surface area contributed by atoms with Crippen LogP contribution in [0.4, 0.5) is 0 Å². The van der Waals surface area contributed by atoms with E-state index in [2.05, 4.69) is 40.7 Å². The quantitative estimate of drug-likeness (QED) is 0.795. The lowest BCUT2D eigenvalue weighted by molar-refractivity contribution is 0.643. The highest BCUT2D eigenvalue weighted by Crippen LogP contribution is 2.16. The van der Waals surface area contributed by atoms with Crippen LogP contribution in [-0.2, 0) is 13.1 Å². The number of nitrogens with one attached hydrogen (secondary N) is 1. The molecule has 3 nitrogen and oxygen atoms in total. The molecule has 0 saturated carbocycles. The third kappa shape index (κ3) is 3.91. The first-order valence-corrected chi connectivity index (χ1v) is 6.72.